The first-order chi connectivity index (χ1) is 12.1. The number of anilines is 1. The summed E-state index contributed by atoms with van der Waals surface area (Å²) in [5.41, 5.74) is 2.83. The molecule has 2 N–H and O–H groups in total. The van der Waals surface area contributed by atoms with E-state index in [0.29, 0.717) is 5.69 Å². The van der Waals surface area contributed by atoms with E-state index >= 15 is 0 Å². The highest BCUT2D eigenvalue weighted by atomic mass is 32.2. The van der Waals surface area contributed by atoms with Crippen LogP contribution in [-0.2, 0) is 14.8 Å². The number of nitrogens with one attached hydrogen (secondary N) is 2. The molecule has 2 aromatic carbocycles. The minimum Gasteiger partial charge on any atom is -0.324 e. The number of para-hydroxylation sites is 1. The Morgan fingerprint density at radius 1 is 1.12 bits per heavy atom. The predicted molar refractivity (Wildman–Crippen MR) is 97.6 cm³/mol. The van der Waals surface area contributed by atoms with Crippen LogP contribution in [0.2, 0.25) is 0 Å². The molecule has 0 spiro atoms. The molecule has 0 aliphatic heterocycles. The lowest BCUT2D eigenvalue weighted by Crippen LogP contribution is -2.33. The van der Waals surface area contributed by atoms with E-state index in [-0.39, 0.29) is 0 Å². The minimum atomic E-state index is -4.20. The van der Waals surface area contributed by atoms with Gasteiger partial charge in [-0.2, -0.15) is 0 Å². The minimum absolute atomic E-state index is 0.486. The summed E-state index contributed by atoms with van der Waals surface area (Å²) in [6, 6.07) is 8.76. The highest BCUT2D eigenvalue weighted by Crippen LogP contribution is 2.23. The quantitative estimate of drug-likeness (QED) is 0.592. The molecule has 138 valence electrons. The average Bonchev–Trinajstić information content (AvgIpc) is 2.56. The molecule has 2 aromatic rings. The smallest absolute Gasteiger partial charge is 0.289 e. The molecule has 0 fully saturated rings. The summed E-state index contributed by atoms with van der Waals surface area (Å²) in [5.74, 6) is -0.567. The first-order valence-electron chi connectivity index (χ1n) is 7.72. The fourth-order valence-corrected chi connectivity index (χ4v) is 3.79. The molecule has 0 heterocycles. The van der Waals surface area contributed by atoms with Crippen LogP contribution in [0.3, 0.4) is 0 Å². The predicted octanol–water partition coefficient (Wildman–Crippen LogP) is 2.44. The van der Waals surface area contributed by atoms with Gasteiger partial charge in [-0.15, -0.1) is 0 Å². The van der Waals surface area contributed by atoms with Crippen LogP contribution in [0.5, 0.6) is 0 Å². The third-order valence-electron chi connectivity index (χ3n) is 3.72. The molecule has 0 radical (unpaired) electrons. The lowest BCUT2D eigenvalue weighted by molar-refractivity contribution is -0.387. The van der Waals surface area contributed by atoms with Gasteiger partial charge in [-0.1, -0.05) is 29.8 Å². The number of nitro groups is 1. The molecule has 0 saturated carbocycles. The third kappa shape index (κ3) is 4.44. The standard InChI is InChI=1S/C17H19N3O5S/c1-11-8-12(2)17(13(3)9-11)19-16(21)10-18-26(24,25)15-7-5-4-6-14(15)20(22)23/h4-9,18H,10H2,1-3H3,(H,19,21). The van der Waals surface area contributed by atoms with Gasteiger partial charge in [-0.25, -0.2) is 13.1 Å². The van der Waals surface area contributed by atoms with Crippen LogP contribution in [0.4, 0.5) is 11.4 Å². The molecular formula is C17H19N3O5S. The third-order valence-corrected chi connectivity index (χ3v) is 5.16. The van der Waals surface area contributed by atoms with E-state index in [1.54, 1.807) is 0 Å². The summed E-state index contributed by atoms with van der Waals surface area (Å²) >= 11 is 0. The number of hydrogen-bond acceptors (Lipinski definition) is 5. The SMILES string of the molecule is Cc1cc(C)c(NC(=O)CNS(=O)(=O)c2ccccc2[N+](=O)[O-])c(C)c1. The second-order valence-electron chi connectivity index (χ2n) is 5.87. The molecule has 9 heteroatoms. The van der Waals surface area contributed by atoms with Crippen molar-refractivity contribution in [2.75, 3.05) is 11.9 Å². The van der Waals surface area contributed by atoms with Crippen LogP contribution in [0.1, 0.15) is 16.7 Å². The maximum absolute atomic E-state index is 12.3. The number of hydrogen-bond donors (Lipinski definition) is 2. The Kier molecular flexibility index (Phi) is 5.73. The van der Waals surface area contributed by atoms with E-state index in [0.717, 1.165) is 28.8 Å². The van der Waals surface area contributed by atoms with E-state index in [2.05, 4.69) is 10.0 Å². The topological polar surface area (TPSA) is 118 Å². The zero-order valence-corrected chi connectivity index (χ0v) is 15.4. The van der Waals surface area contributed by atoms with Crippen LogP contribution in [0.25, 0.3) is 0 Å². The molecular weight excluding hydrogens is 358 g/mol. The number of sulfonamides is 1. The first-order valence-corrected chi connectivity index (χ1v) is 9.21. The second kappa shape index (κ2) is 7.63. The summed E-state index contributed by atoms with van der Waals surface area (Å²) in [4.78, 5) is 21.8. The fraction of sp³-hybridized carbons (Fsp3) is 0.235. The zero-order chi connectivity index (χ0) is 19.5. The molecule has 0 aliphatic carbocycles. The van der Waals surface area contributed by atoms with Crippen molar-refractivity contribution in [1.29, 1.82) is 0 Å². The van der Waals surface area contributed by atoms with Crippen molar-refractivity contribution in [3.05, 3.63) is 63.2 Å². The molecule has 0 saturated heterocycles. The summed E-state index contributed by atoms with van der Waals surface area (Å²) in [6.07, 6.45) is 0. The van der Waals surface area contributed by atoms with Gasteiger partial charge < -0.3 is 5.32 Å². The number of amides is 1. The van der Waals surface area contributed by atoms with Gasteiger partial charge in [0.05, 0.1) is 11.5 Å². The summed E-state index contributed by atoms with van der Waals surface area (Å²) in [6.45, 7) is 5.08. The van der Waals surface area contributed by atoms with E-state index in [1.807, 2.05) is 32.9 Å². The number of carbonyl (C=O) groups excluding carboxylic acids is 1. The molecule has 26 heavy (non-hydrogen) atoms. The Labute approximate surface area is 151 Å². The first kappa shape index (κ1) is 19.5. The number of aryl methyl sites for hydroxylation is 3. The second-order valence-corrected chi connectivity index (χ2v) is 7.61. The van der Waals surface area contributed by atoms with Gasteiger partial charge in [0.15, 0.2) is 4.90 Å². The van der Waals surface area contributed by atoms with Gasteiger partial charge in [-0.3, -0.25) is 14.9 Å². The number of benzene rings is 2. The lowest BCUT2D eigenvalue weighted by atomic mass is 10.1. The summed E-state index contributed by atoms with van der Waals surface area (Å²) < 4.78 is 26.7. The zero-order valence-electron chi connectivity index (χ0n) is 14.6. The molecule has 0 aliphatic rings. The summed E-state index contributed by atoms with van der Waals surface area (Å²) in [5, 5.41) is 13.7. The van der Waals surface area contributed by atoms with E-state index in [1.165, 1.54) is 12.1 Å². The number of rotatable bonds is 6. The monoisotopic (exact) mass is 377 g/mol. The van der Waals surface area contributed by atoms with E-state index in [9.17, 15) is 23.3 Å². The van der Waals surface area contributed by atoms with Crippen LogP contribution >= 0.6 is 0 Å². The van der Waals surface area contributed by atoms with Gasteiger partial charge >= 0.3 is 0 Å². The number of carbonyl (C=O) groups is 1. The molecule has 1 amide bonds. The van der Waals surface area contributed by atoms with Gasteiger partial charge in [0.2, 0.25) is 15.9 Å². The molecule has 0 atom stereocenters. The van der Waals surface area contributed by atoms with Crippen molar-refractivity contribution in [1.82, 2.24) is 4.72 Å². The van der Waals surface area contributed by atoms with Crippen LogP contribution < -0.4 is 10.0 Å². The lowest BCUT2D eigenvalue weighted by Gasteiger charge is -2.13. The molecule has 0 aromatic heterocycles. The fourth-order valence-electron chi connectivity index (χ4n) is 2.63. The van der Waals surface area contributed by atoms with E-state index < -0.39 is 38.0 Å². The Morgan fingerprint density at radius 3 is 2.27 bits per heavy atom. The van der Waals surface area contributed by atoms with Crippen molar-refractivity contribution >= 4 is 27.3 Å². The van der Waals surface area contributed by atoms with Crippen molar-refractivity contribution in [2.45, 2.75) is 25.7 Å². The largest absolute Gasteiger partial charge is 0.324 e. The van der Waals surface area contributed by atoms with Gasteiger partial charge in [0.25, 0.3) is 5.69 Å². The highest BCUT2D eigenvalue weighted by Gasteiger charge is 2.25. The van der Waals surface area contributed by atoms with Gasteiger partial charge in [-0.05, 0) is 38.0 Å². The highest BCUT2D eigenvalue weighted by molar-refractivity contribution is 7.89. The Hall–Kier alpha value is -2.78. The van der Waals surface area contributed by atoms with E-state index in [4.69, 9.17) is 0 Å². The molecule has 2 rings (SSSR count). The molecule has 0 unspecified atom stereocenters. The Bertz CT molecular complexity index is 947. The van der Waals surface area contributed by atoms with Crippen LogP contribution in [0.15, 0.2) is 41.3 Å². The number of nitrogens with zero attached hydrogens (tertiary/aromatic N) is 1. The van der Waals surface area contributed by atoms with Crippen molar-refractivity contribution in [3.8, 4) is 0 Å². The maximum atomic E-state index is 12.3. The van der Waals surface area contributed by atoms with Crippen LogP contribution in [0, 0.1) is 30.9 Å². The maximum Gasteiger partial charge on any atom is 0.289 e. The Morgan fingerprint density at radius 2 is 1.69 bits per heavy atom. The van der Waals surface area contributed by atoms with Gasteiger partial charge in [0, 0.05) is 11.8 Å². The number of nitro benzene ring substituents is 1. The van der Waals surface area contributed by atoms with Gasteiger partial charge in [0.1, 0.15) is 0 Å². The molecule has 0 bridgehead atoms. The average molecular weight is 377 g/mol. The van der Waals surface area contributed by atoms with Crippen molar-refractivity contribution in [3.63, 3.8) is 0 Å². The van der Waals surface area contributed by atoms with Crippen molar-refractivity contribution in [2.24, 2.45) is 0 Å². The summed E-state index contributed by atoms with van der Waals surface area (Å²) in [7, 11) is -4.20. The normalized spacial score (nSPS) is 11.2. The van der Waals surface area contributed by atoms with Crippen LogP contribution in [-0.4, -0.2) is 25.8 Å². The molecule has 8 nitrogen and oxygen atoms in total. The Balaban J connectivity index is 2.14. The van der Waals surface area contributed by atoms with Crippen molar-refractivity contribution < 1.29 is 18.1 Å².